The summed E-state index contributed by atoms with van der Waals surface area (Å²) in [4.78, 5) is 15.2. The van der Waals surface area contributed by atoms with Crippen molar-refractivity contribution >= 4 is 5.91 Å². The average Bonchev–Trinajstić information content (AvgIpc) is 2.20. The second-order valence-electron chi connectivity index (χ2n) is 3.27. The molecule has 1 amide bonds. The molecule has 0 aromatic heterocycles. The van der Waals surface area contributed by atoms with E-state index in [4.69, 9.17) is 0 Å². The van der Waals surface area contributed by atoms with Gasteiger partial charge in [-0.05, 0) is 18.6 Å². The fraction of sp³-hybridized carbons (Fsp3) is 0.300. The number of nitrogens with one attached hydrogen (secondary N) is 1. The lowest BCUT2D eigenvalue weighted by atomic mass is 10.1. The monoisotopic (exact) mass is 251 g/mol. The van der Waals surface area contributed by atoms with Crippen LogP contribution < -0.4 is 5.48 Å². The Balaban J connectivity index is 2.62. The summed E-state index contributed by atoms with van der Waals surface area (Å²) in [5.41, 5.74) is 1.37. The topological polar surface area (TPSA) is 38.3 Å². The summed E-state index contributed by atoms with van der Waals surface area (Å²) in [7, 11) is 0. The van der Waals surface area contributed by atoms with Crippen LogP contribution in [0, 0.1) is 12.7 Å². The van der Waals surface area contributed by atoms with Gasteiger partial charge < -0.3 is 0 Å². The first-order chi connectivity index (χ1) is 7.81. The normalized spacial score (nSPS) is 11.4. The molecule has 0 spiro atoms. The molecular weight excluding hydrogens is 242 g/mol. The quantitative estimate of drug-likeness (QED) is 0.661. The second kappa shape index (κ2) is 5.13. The molecule has 0 atom stereocenters. The Morgan fingerprint density at radius 3 is 2.65 bits per heavy atom. The fourth-order valence-corrected chi connectivity index (χ4v) is 1.06. The second-order valence-corrected chi connectivity index (χ2v) is 3.27. The Labute approximate surface area is 94.3 Å². The third-order valence-electron chi connectivity index (χ3n) is 1.84. The van der Waals surface area contributed by atoms with Crippen molar-refractivity contribution in [3.63, 3.8) is 0 Å². The van der Waals surface area contributed by atoms with E-state index < -0.39 is 24.5 Å². The van der Waals surface area contributed by atoms with Crippen molar-refractivity contribution in [3.05, 3.63) is 35.1 Å². The fourth-order valence-electron chi connectivity index (χ4n) is 1.06. The first-order valence-electron chi connectivity index (χ1n) is 4.55. The third kappa shape index (κ3) is 4.03. The van der Waals surface area contributed by atoms with Gasteiger partial charge in [-0.15, -0.1) is 0 Å². The molecule has 17 heavy (non-hydrogen) atoms. The number of alkyl halides is 3. The summed E-state index contributed by atoms with van der Waals surface area (Å²) < 4.78 is 48.5. The van der Waals surface area contributed by atoms with Crippen molar-refractivity contribution in [2.24, 2.45) is 0 Å². The Bertz CT molecular complexity index is 417. The molecule has 0 aliphatic carbocycles. The highest BCUT2D eigenvalue weighted by Gasteiger charge is 2.28. The molecule has 0 bridgehead atoms. The van der Waals surface area contributed by atoms with Gasteiger partial charge in [-0.3, -0.25) is 9.63 Å². The molecule has 0 heterocycles. The Kier molecular flexibility index (Phi) is 4.06. The van der Waals surface area contributed by atoms with Crippen molar-refractivity contribution in [1.29, 1.82) is 0 Å². The van der Waals surface area contributed by atoms with E-state index >= 15 is 0 Å². The maximum Gasteiger partial charge on any atom is 0.414 e. The summed E-state index contributed by atoms with van der Waals surface area (Å²) in [6, 6.07) is 3.99. The predicted molar refractivity (Wildman–Crippen MR) is 50.6 cm³/mol. The minimum absolute atomic E-state index is 0.216. The lowest BCUT2D eigenvalue weighted by molar-refractivity contribution is -0.184. The van der Waals surface area contributed by atoms with E-state index in [2.05, 4.69) is 4.84 Å². The molecule has 1 aromatic rings. The van der Waals surface area contributed by atoms with Crippen molar-refractivity contribution in [1.82, 2.24) is 5.48 Å². The Morgan fingerprint density at radius 1 is 1.41 bits per heavy atom. The lowest BCUT2D eigenvalue weighted by Gasteiger charge is -2.09. The number of carbonyl (C=O) groups is 1. The predicted octanol–water partition coefficient (Wildman–Crippen LogP) is 2.36. The number of hydroxylamine groups is 1. The SMILES string of the molecule is Cc1cccc(C(=O)NOCC(F)(F)F)c1F. The van der Waals surface area contributed by atoms with Gasteiger partial charge >= 0.3 is 6.18 Å². The van der Waals surface area contributed by atoms with E-state index in [1.54, 1.807) is 0 Å². The van der Waals surface area contributed by atoms with Gasteiger partial charge in [0.05, 0.1) is 5.56 Å². The maximum atomic E-state index is 13.4. The largest absolute Gasteiger partial charge is 0.414 e. The van der Waals surface area contributed by atoms with Gasteiger partial charge in [0.1, 0.15) is 5.82 Å². The van der Waals surface area contributed by atoms with Crippen LogP contribution in [-0.4, -0.2) is 18.7 Å². The van der Waals surface area contributed by atoms with Crippen LogP contribution in [0.1, 0.15) is 15.9 Å². The first kappa shape index (κ1) is 13.4. The zero-order valence-electron chi connectivity index (χ0n) is 8.77. The van der Waals surface area contributed by atoms with E-state index in [1.807, 2.05) is 0 Å². The molecule has 0 unspecified atom stereocenters. The summed E-state index contributed by atoms with van der Waals surface area (Å²) in [5, 5.41) is 0. The van der Waals surface area contributed by atoms with Crippen LogP contribution in [-0.2, 0) is 4.84 Å². The van der Waals surface area contributed by atoms with Crippen LogP contribution in [0.3, 0.4) is 0 Å². The Hall–Kier alpha value is -1.63. The highest BCUT2D eigenvalue weighted by molar-refractivity contribution is 5.93. The van der Waals surface area contributed by atoms with E-state index in [-0.39, 0.29) is 11.1 Å². The summed E-state index contributed by atoms with van der Waals surface area (Å²) in [6.45, 7) is -0.200. The molecule has 1 rings (SSSR count). The number of hydrogen-bond acceptors (Lipinski definition) is 2. The molecule has 7 heteroatoms. The van der Waals surface area contributed by atoms with E-state index in [1.165, 1.54) is 24.5 Å². The van der Waals surface area contributed by atoms with E-state index in [0.717, 1.165) is 6.07 Å². The van der Waals surface area contributed by atoms with E-state index in [0.29, 0.717) is 0 Å². The zero-order valence-corrected chi connectivity index (χ0v) is 8.77. The maximum absolute atomic E-state index is 13.4. The number of aryl methyl sites for hydroxylation is 1. The molecule has 0 fully saturated rings. The highest BCUT2D eigenvalue weighted by atomic mass is 19.4. The molecule has 0 radical (unpaired) electrons. The minimum atomic E-state index is -4.56. The van der Waals surface area contributed by atoms with Crippen LogP contribution in [0.2, 0.25) is 0 Å². The average molecular weight is 251 g/mol. The van der Waals surface area contributed by atoms with Crippen molar-refractivity contribution in [2.45, 2.75) is 13.1 Å². The van der Waals surface area contributed by atoms with Gasteiger partial charge in [0.15, 0.2) is 6.61 Å². The minimum Gasteiger partial charge on any atom is -0.267 e. The third-order valence-corrected chi connectivity index (χ3v) is 1.84. The van der Waals surface area contributed by atoms with Gasteiger partial charge in [0, 0.05) is 0 Å². The number of rotatable bonds is 3. The molecule has 3 nitrogen and oxygen atoms in total. The molecule has 0 aliphatic rings. The van der Waals surface area contributed by atoms with Gasteiger partial charge in [-0.2, -0.15) is 13.2 Å². The summed E-state index contributed by atoms with van der Waals surface area (Å²) in [5.74, 6) is -1.85. The van der Waals surface area contributed by atoms with Gasteiger partial charge in [0.2, 0.25) is 0 Å². The molecular formula is C10H9F4NO2. The lowest BCUT2D eigenvalue weighted by Crippen LogP contribution is -2.30. The summed E-state index contributed by atoms with van der Waals surface area (Å²) in [6.07, 6.45) is -4.56. The van der Waals surface area contributed by atoms with Crippen LogP contribution in [0.4, 0.5) is 17.6 Å². The van der Waals surface area contributed by atoms with E-state index in [9.17, 15) is 22.4 Å². The van der Waals surface area contributed by atoms with Crippen LogP contribution >= 0.6 is 0 Å². The molecule has 94 valence electrons. The van der Waals surface area contributed by atoms with Crippen molar-refractivity contribution in [2.75, 3.05) is 6.61 Å². The zero-order chi connectivity index (χ0) is 13.1. The number of hydrogen-bond donors (Lipinski definition) is 1. The number of amides is 1. The number of halogens is 4. The molecule has 1 aromatic carbocycles. The standard InChI is InChI=1S/C10H9F4NO2/c1-6-3-2-4-7(8(6)11)9(16)15-17-5-10(12,13)14/h2-4H,5H2,1H3,(H,15,16). The van der Waals surface area contributed by atoms with Crippen molar-refractivity contribution < 1.29 is 27.2 Å². The van der Waals surface area contributed by atoms with Gasteiger partial charge in [0.25, 0.3) is 5.91 Å². The molecule has 0 saturated carbocycles. The van der Waals surface area contributed by atoms with Crippen LogP contribution in [0.15, 0.2) is 18.2 Å². The number of carbonyl (C=O) groups excluding carboxylic acids is 1. The van der Waals surface area contributed by atoms with Gasteiger partial charge in [-0.1, -0.05) is 12.1 Å². The Morgan fingerprint density at radius 2 is 2.06 bits per heavy atom. The smallest absolute Gasteiger partial charge is 0.267 e. The first-order valence-corrected chi connectivity index (χ1v) is 4.55. The van der Waals surface area contributed by atoms with Crippen LogP contribution in [0.25, 0.3) is 0 Å². The molecule has 1 N–H and O–H groups in total. The number of benzene rings is 1. The van der Waals surface area contributed by atoms with Crippen LogP contribution in [0.5, 0.6) is 0 Å². The highest BCUT2D eigenvalue weighted by Crippen LogP contribution is 2.14. The molecule has 0 saturated heterocycles. The molecule has 0 aliphatic heterocycles. The van der Waals surface area contributed by atoms with Crippen molar-refractivity contribution in [3.8, 4) is 0 Å². The summed E-state index contributed by atoms with van der Waals surface area (Å²) >= 11 is 0. The van der Waals surface area contributed by atoms with Gasteiger partial charge in [-0.25, -0.2) is 9.87 Å².